The van der Waals surface area contributed by atoms with Gasteiger partial charge in [-0.05, 0) is 50.2 Å². The number of azo groups is 1. The summed E-state index contributed by atoms with van der Waals surface area (Å²) >= 11 is 1.58. The average Bonchev–Trinajstić information content (AvgIpc) is 3.32. The molecule has 0 saturated heterocycles. The number of nitrogens with zero attached hydrogens (tertiary/aromatic N) is 5. The first kappa shape index (κ1) is 22.5. The van der Waals surface area contributed by atoms with Crippen LogP contribution >= 0.6 is 11.3 Å². The van der Waals surface area contributed by atoms with Crippen molar-refractivity contribution in [2.45, 2.75) is 59.0 Å². The third-order valence-electron chi connectivity index (χ3n) is 6.63. The van der Waals surface area contributed by atoms with Crippen LogP contribution in [0.4, 0.5) is 5.69 Å². The summed E-state index contributed by atoms with van der Waals surface area (Å²) < 4.78 is 3.11. The number of hydrogen-bond donors (Lipinski definition) is 1. The number of amides is 1. The molecular formula is C25H27N5O3S. The van der Waals surface area contributed by atoms with Crippen LogP contribution in [0, 0.1) is 5.92 Å². The van der Waals surface area contributed by atoms with Crippen molar-refractivity contribution in [1.82, 2.24) is 14.1 Å². The van der Waals surface area contributed by atoms with E-state index in [0.29, 0.717) is 17.8 Å². The van der Waals surface area contributed by atoms with Crippen LogP contribution in [0.3, 0.4) is 0 Å². The molecule has 1 amide bonds. The Kier molecular flexibility index (Phi) is 5.81. The van der Waals surface area contributed by atoms with E-state index < -0.39 is 11.9 Å². The van der Waals surface area contributed by atoms with E-state index in [-0.39, 0.29) is 17.1 Å². The molecule has 34 heavy (non-hydrogen) atoms. The highest BCUT2D eigenvalue weighted by molar-refractivity contribution is 7.18. The van der Waals surface area contributed by atoms with Crippen molar-refractivity contribution in [3.63, 3.8) is 0 Å². The van der Waals surface area contributed by atoms with Crippen molar-refractivity contribution >= 4 is 44.1 Å². The largest absolute Gasteiger partial charge is 0.493 e. The van der Waals surface area contributed by atoms with Crippen molar-refractivity contribution in [1.29, 1.82) is 0 Å². The molecule has 4 aromatic rings. The number of para-hydroxylation sites is 1. The number of carbonyl (C=O) groups excluding carboxylic acids is 1. The van der Waals surface area contributed by atoms with Crippen LogP contribution in [0.5, 0.6) is 5.88 Å². The Morgan fingerprint density at radius 3 is 2.94 bits per heavy atom. The Morgan fingerprint density at radius 1 is 1.35 bits per heavy atom. The van der Waals surface area contributed by atoms with Gasteiger partial charge in [-0.1, -0.05) is 32.0 Å². The number of thiophene rings is 1. The van der Waals surface area contributed by atoms with E-state index in [9.17, 15) is 14.7 Å². The third-order valence-corrected chi connectivity index (χ3v) is 7.79. The van der Waals surface area contributed by atoms with E-state index in [4.69, 9.17) is 0 Å². The van der Waals surface area contributed by atoms with Gasteiger partial charge in [-0.25, -0.2) is 4.98 Å². The Bertz CT molecular complexity index is 1500. The Balaban J connectivity index is 1.48. The van der Waals surface area contributed by atoms with E-state index in [1.807, 2.05) is 31.2 Å². The fourth-order valence-corrected chi connectivity index (χ4v) is 6.08. The highest BCUT2D eigenvalue weighted by Crippen LogP contribution is 2.39. The first-order chi connectivity index (χ1) is 16.4. The van der Waals surface area contributed by atoms with E-state index >= 15 is 0 Å². The van der Waals surface area contributed by atoms with Gasteiger partial charge in [-0.2, -0.15) is 0 Å². The van der Waals surface area contributed by atoms with Crippen LogP contribution in [0.25, 0.3) is 21.1 Å². The van der Waals surface area contributed by atoms with Crippen molar-refractivity contribution in [3.05, 3.63) is 51.4 Å². The van der Waals surface area contributed by atoms with Gasteiger partial charge in [-0.15, -0.1) is 21.6 Å². The van der Waals surface area contributed by atoms with Crippen molar-refractivity contribution in [2.75, 3.05) is 0 Å². The predicted molar refractivity (Wildman–Crippen MR) is 133 cm³/mol. The molecule has 1 aliphatic rings. The lowest BCUT2D eigenvalue weighted by molar-refractivity contribution is -0.121. The molecule has 5 rings (SSSR count). The standard InChI is InChI=1S/C25H27N5O3S/c1-4-11-29-18-8-6-5-7-16(18)21(25(29)33)27-28-22(31)15(3)30-13-26-23-20(24(30)32)17-10-9-14(2)12-19(17)34-23/h5-8,13-15,33H,4,9-12H2,1-3H3. The lowest BCUT2D eigenvalue weighted by Crippen LogP contribution is -2.28. The maximum atomic E-state index is 13.3. The highest BCUT2D eigenvalue weighted by atomic mass is 32.1. The minimum absolute atomic E-state index is 0.0216. The summed E-state index contributed by atoms with van der Waals surface area (Å²) in [5.41, 5.74) is 1.96. The van der Waals surface area contributed by atoms with Crippen LogP contribution in [0.1, 0.15) is 50.1 Å². The molecule has 0 saturated carbocycles. The van der Waals surface area contributed by atoms with Gasteiger partial charge < -0.3 is 9.67 Å². The van der Waals surface area contributed by atoms with Gasteiger partial charge in [0.1, 0.15) is 10.9 Å². The lowest BCUT2D eigenvalue weighted by Gasteiger charge is -2.17. The summed E-state index contributed by atoms with van der Waals surface area (Å²) in [4.78, 5) is 32.7. The second-order valence-electron chi connectivity index (χ2n) is 9.04. The van der Waals surface area contributed by atoms with E-state index in [1.165, 1.54) is 15.8 Å². The average molecular weight is 478 g/mol. The van der Waals surface area contributed by atoms with Gasteiger partial charge in [0.05, 0.1) is 17.2 Å². The summed E-state index contributed by atoms with van der Waals surface area (Å²) in [5, 5.41) is 20.1. The molecule has 1 aliphatic carbocycles. The zero-order valence-electron chi connectivity index (χ0n) is 19.5. The Labute approximate surface area is 200 Å². The molecule has 3 aromatic heterocycles. The molecule has 0 aliphatic heterocycles. The van der Waals surface area contributed by atoms with Gasteiger partial charge in [0.25, 0.3) is 11.5 Å². The molecule has 8 nitrogen and oxygen atoms in total. The van der Waals surface area contributed by atoms with Crippen LogP contribution in [0.15, 0.2) is 45.6 Å². The maximum Gasteiger partial charge on any atom is 0.287 e. The van der Waals surface area contributed by atoms with Crippen LogP contribution in [0.2, 0.25) is 0 Å². The third kappa shape index (κ3) is 3.64. The monoisotopic (exact) mass is 477 g/mol. The number of aromatic hydroxyl groups is 1. The number of carbonyl (C=O) groups is 1. The zero-order chi connectivity index (χ0) is 24.0. The highest BCUT2D eigenvalue weighted by Gasteiger charge is 2.25. The van der Waals surface area contributed by atoms with E-state index in [0.717, 1.165) is 47.0 Å². The number of benzene rings is 1. The SMILES string of the molecule is CCCn1c(O)c(N=NC(=O)C(C)n2cnc3sc4c(c3c2=O)CCC(C)C4)c2ccccc21. The van der Waals surface area contributed by atoms with Crippen molar-refractivity contribution in [3.8, 4) is 5.88 Å². The quantitative estimate of drug-likeness (QED) is 0.382. The van der Waals surface area contributed by atoms with Gasteiger partial charge in [0.15, 0.2) is 5.69 Å². The van der Waals surface area contributed by atoms with Gasteiger partial charge in [-0.3, -0.25) is 14.2 Å². The lowest BCUT2D eigenvalue weighted by atomic mass is 9.89. The number of fused-ring (bicyclic) bond motifs is 4. The van der Waals surface area contributed by atoms with Gasteiger partial charge >= 0.3 is 0 Å². The number of hydrogen-bond acceptors (Lipinski definition) is 6. The first-order valence-corrected chi connectivity index (χ1v) is 12.5. The summed E-state index contributed by atoms with van der Waals surface area (Å²) in [6.45, 7) is 6.49. The Morgan fingerprint density at radius 2 is 2.15 bits per heavy atom. The van der Waals surface area contributed by atoms with Gasteiger partial charge in [0, 0.05) is 16.8 Å². The molecule has 1 aromatic carbocycles. The molecule has 0 fully saturated rings. The summed E-state index contributed by atoms with van der Waals surface area (Å²) in [6, 6.07) is 6.62. The van der Waals surface area contributed by atoms with E-state index in [2.05, 4.69) is 22.1 Å². The van der Waals surface area contributed by atoms with Crippen LogP contribution in [-0.2, 0) is 24.2 Å². The molecule has 2 atom stereocenters. The summed E-state index contributed by atoms with van der Waals surface area (Å²) in [5.74, 6) is 0.00252. The minimum atomic E-state index is -0.864. The molecular weight excluding hydrogens is 450 g/mol. The summed E-state index contributed by atoms with van der Waals surface area (Å²) in [6.07, 6.45) is 5.14. The Hall–Kier alpha value is -3.33. The number of aromatic nitrogens is 3. The molecule has 0 bridgehead atoms. The predicted octanol–water partition coefficient (Wildman–Crippen LogP) is 5.52. The fraction of sp³-hybridized carbons (Fsp3) is 0.400. The minimum Gasteiger partial charge on any atom is -0.493 e. The molecule has 9 heteroatoms. The molecule has 1 N–H and O–H groups in total. The first-order valence-electron chi connectivity index (χ1n) is 11.7. The second kappa shape index (κ2) is 8.79. The molecule has 0 radical (unpaired) electrons. The normalized spacial score (nSPS) is 17.0. The molecule has 0 spiro atoms. The van der Waals surface area contributed by atoms with E-state index in [1.54, 1.807) is 22.8 Å². The van der Waals surface area contributed by atoms with Crippen LogP contribution in [-0.4, -0.2) is 25.1 Å². The maximum absolute atomic E-state index is 13.3. The van der Waals surface area contributed by atoms with Crippen molar-refractivity contribution in [2.24, 2.45) is 16.1 Å². The summed E-state index contributed by atoms with van der Waals surface area (Å²) in [7, 11) is 0. The number of rotatable bonds is 5. The smallest absolute Gasteiger partial charge is 0.287 e. The topological polar surface area (TPSA) is 102 Å². The molecule has 2 unspecified atom stereocenters. The van der Waals surface area contributed by atoms with Crippen molar-refractivity contribution < 1.29 is 9.90 Å². The number of aryl methyl sites for hydroxylation is 2. The van der Waals surface area contributed by atoms with Gasteiger partial charge in [0.2, 0.25) is 5.88 Å². The zero-order valence-corrected chi connectivity index (χ0v) is 20.3. The fourth-order valence-electron chi connectivity index (χ4n) is 4.74. The van der Waals surface area contributed by atoms with Crippen LogP contribution < -0.4 is 5.56 Å². The molecule has 176 valence electrons. The molecule has 3 heterocycles. The second-order valence-corrected chi connectivity index (χ2v) is 10.1.